The topological polar surface area (TPSA) is 49.0 Å². The van der Waals surface area contributed by atoms with Gasteiger partial charge in [0.1, 0.15) is 11.8 Å². The Kier molecular flexibility index (Phi) is 3.15. The molecule has 1 aromatic heterocycles. The highest BCUT2D eigenvalue weighted by Gasteiger charge is 2.03. The van der Waals surface area contributed by atoms with Gasteiger partial charge >= 0.3 is 0 Å². The van der Waals surface area contributed by atoms with Crippen LogP contribution in [-0.4, -0.2) is 0 Å². The van der Waals surface area contributed by atoms with Gasteiger partial charge in [0.2, 0.25) is 5.76 Å². The molecule has 0 bridgehead atoms. The highest BCUT2D eigenvalue weighted by molar-refractivity contribution is 5.53. The van der Waals surface area contributed by atoms with Crippen molar-refractivity contribution in [3.8, 4) is 6.07 Å². The van der Waals surface area contributed by atoms with Gasteiger partial charge in [0.05, 0.1) is 6.54 Å². The zero-order chi connectivity index (χ0) is 12.3. The van der Waals surface area contributed by atoms with Gasteiger partial charge in [0.25, 0.3) is 0 Å². The fourth-order valence-corrected chi connectivity index (χ4v) is 1.66. The molecule has 3 heteroatoms. The molecule has 2 aromatic rings. The van der Waals surface area contributed by atoms with E-state index in [1.165, 1.54) is 11.1 Å². The number of nitrogens with one attached hydrogen (secondary N) is 1. The van der Waals surface area contributed by atoms with Crippen LogP contribution in [0.3, 0.4) is 0 Å². The first-order chi connectivity index (χ1) is 8.20. The van der Waals surface area contributed by atoms with Gasteiger partial charge in [-0.2, -0.15) is 5.26 Å². The van der Waals surface area contributed by atoms with Crippen LogP contribution in [0.2, 0.25) is 0 Å². The van der Waals surface area contributed by atoms with E-state index in [9.17, 15) is 0 Å². The van der Waals surface area contributed by atoms with Crippen LogP contribution < -0.4 is 5.32 Å². The summed E-state index contributed by atoms with van der Waals surface area (Å²) in [5.74, 6) is 1.12. The molecule has 0 aliphatic rings. The van der Waals surface area contributed by atoms with Crippen molar-refractivity contribution in [3.05, 3.63) is 53.0 Å². The molecule has 0 saturated carbocycles. The summed E-state index contributed by atoms with van der Waals surface area (Å²) in [6.07, 6.45) is 0. The number of aryl methyl sites for hydroxylation is 1. The maximum absolute atomic E-state index is 8.65. The van der Waals surface area contributed by atoms with E-state index in [4.69, 9.17) is 9.68 Å². The minimum absolute atomic E-state index is 0.350. The molecule has 3 nitrogen and oxygen atoms in total. The zero-order valence-corrected chi connectivity index (χ0v) is 9.95. The van der Waals surface area contributed by atoms with Crippen LogP contribution in [0, 0.1) is 25.2 Å². The Hall–Kier alpha value is -2.21. The molecule has 86 valence electrons. The molecule has 2 rings (SSSR count). The Balaban J connectivity index is 2.07. The van der Waals surface area contributed by atoms with Crippen LogP contribution >= 0.6 is 0 Å². The summed E-state index contributed by atoms with van der Waals surface area (Å²) < 4.78 is 5.30. The third-order valence-electron chi connectivity index (χ3n) is 2.83. The summed E-state index contributed by atoms with van der Waals surface area (Å²) in [5, 5.41) is 12.0. The first kappa shape index (κ1) is 11.3. The van der Waals surface area contributed by atoms with Gasteiger partial charge in [-0.3, -0.25) is 0 Å². The van der Waals surface area contributed by atoms with Crippen molar-refractivity contribution in [2.45, 2.75) is 20.4 Å². The minimum Gasteiger partial charge on any atom is -0.449 e. The predicted octanol–water partition coefficient (Wildman–Crippen LogP) is 3.38. The second-order valence-corrected chi connectivity index (χ2v) is 3.98. The van der Waals surface area contributed by atoms with Gasteiger partial charge in [-0.1, -0.05) is 12.1 Å². The fourth-order valence-electron chi connectivity index (χ4n) is 1.66. The highest BCUT2D eigenvalue weighted by Crippen LogP contribution is 2.19. The molecule has 1 heterocycles. The smallest absolute Gasteiger partial charge is 0.203 e. The molecule has 0 aliphatic heterocycles. The quantitative estimate of drug-likeness (QED) is 0.872. The molecule has 0 unspecified atom stereocenters. The number of hydrogen-bond acceptors (Lipinski definition) is 3. The molecule has 1 N–H and O–H groups in total. The Morgan fingerprint density at radius 2 is 2.06 bits per heavy atom. The molecule has 0 radical (unpaired) electrons. The number of nitriles is 1. The molecule has 0 aliphatic carbocycles. The predicted molar refractivity (Wildman–Crippen MR) is 66.7 cm³/mol. The number of hydrogen-bond donors (Lipinski definition) is 1. The Labute approximate surface area is 101 Å². The number of rotatable bonds is 3. The Morgan fingerprint density at radius 3 is 2.76 bits per heavy atom. The van der Waals surface area contributed by atoms with E-state index in [2.05, 4.69) is 25.2 Å². The van der Waals surface area contributed by atoms with Gasteiger partial charge in [-0.25, -0.2) is 0 Å². The summed E-state index contributed by atoms with van der Waals surface area (Å²) in [5.41, 5.74) is 3.59. The van der Waals surface area contributed by atoms with Crippen molar-refractivity contribution >= 4 is 5.69 Å². The van der Waals surface area contributed by atoms with Crippen LogP contribution in [0.15, 0.2) is 34.7 Å². The van der Waals surface area contributed by atoms with Gasteiger partial charge in [-0.15, -0.1) is 0 Å². The lowest BCUT2D eigenvalue weighted by Crippen LogP contribution is -2.00. The monoisotopic (exact) mass is 226 g/mol. The van der Waals surface area contributed by atoms with Crippen molar-refractivity contribution in [1.82, 2.24) is 0 Å². The molecule has 0 fully saturated rings. The maximum Gasteiger partial charge on any atom is 0.203 e. The van der Waals surface area contributed by atoms with Crippen molar-refractivity contribution in [2.75, 3.05) is 5.32 Å². The van der Waals surface area contributed by atoms with Crippen LogP contribution in [0.1, 0.15) is 22.6 Å². The number of nitrogens with zero attached hydrogens (tertiary/aromatic N) is 1. The maximum atomic E-state index is 8.65. The minimum atomic E-state index is 0.350. The van der Waals surface area contributed by atoms with Crippen LogP contribution in [0.4, 0.5) is 5.69 Å². The van der Waals surface area contributed by atoms with Crippen LogP contribution in [0.25, 0.3) is 0 Å². The Bertz CT molecular complexity index is 564. The van der Waals surface area contributed by atoms with Gasteiger partial charge in [-0.05, 0) is 43.2 Å². The van der Waals surface area contributed by atoms with E-state index >= 15 is 0 Å². The van der Waals surface area contributed by atoms with Crippen LogP contribution in [-0.2, 0) is 6.54 Å². The summed E-state index contributed by atoms with van der Waals surface area (Å²) >= 11 is 0. The van der Waals surface area contributed by atoms with Crippen molar-refractivity contribution in [3.63, 3.8) is 0 Å². The molecule has 1 aromatic carbocycles. The zero-order valence-electron chi connectivity index (χ0n) is 9.95. The number of furan rings is 1. The molecule has 0 amide bonds. The molecular formula is C14H14N2O. The second kappa shape index (κ2) is 4.75. The number of anilines is 1. The summed E-state index contributed by atoms with van der Waals surface area (Å²) in [4.78, 5) is 0. The van der Waals surface area contributed by atoms with Crippen molar-refractivity contribution < 1.29 is 4.42 Å². The Morgan fingerprint density at radius 1 is 1.24 bits per heavy atom. The first-order valence-corrected chi connectivity index (χ1v) is 5.49. The molecule has 0 spiro atoms. The third-order valence-corrected chi connectivity index (χ3v) is 2.83. The normalized spacial score (nSPS) is 9.94. The molecule has 17 heavy (non-hydrogen) atoms. The van der Waals surface area contributed by atoms with E-state index in [0.29, 0.717) is 12.3 Å². The van der Waals surface area contributed by atoms with Gasteiger partial charge in [0.15, 0.2) is 0 Å². The lowest BCUT2D eigenvalue weighted by molar-refractivity contribution is 0.506. The SMILES string of the molecule is Cc1cccc(NCc2ccc(C#N)o2)c1C. The average molecular weight is 226 g/mol. The van der Waals surface area contributed by atoms with E-state index < -0.39 is 0 Å². The number of benzene rings is 1. The summed E-state index contributed by atoms with van der Waals surface area (Å²) in [7, 11) is 0. The lowest BCUT2D eigenvalue weighted by atomic mass is 10.1. The van der Waals surface area contributed by atoms with Gasteiger partial charge < -0.3 is 9.73 Å². The summed E-state index contributed by atoms with van der Waals surface area (Å²) in [6.45, 7) is 4.76. The molecular weight excluding hydrogens is 212 g/mol. The van der Waals surface area contributed by atoms with Gasteiger partial charge in [0, 0.05) is 5.69 Å². The van der Waals surface area contributed by atoms with Crippen LogP contribution in [0.5, 0.6) is 0 Å². The lowest BCUT2D eigenvalue weighted by Gasteiger charge is -2.09. The van der Waals surface area contributed by atoms with E-state index in [1.54, 1.807) is 6.07 Å². The standard InChI is InChI=1S/C14H14N2O/c1-10-4-3-5-14(11(10)2)16-9-13-7-6-12(8-15)17-13/h3-7,16H,9H2,1-2H3. The molecule has 0 saturated heterocycles. The van der Waals surface area contributed by atoms with Crippen molar-refractivity contribution in [1.29, 1.82) is 5.26 Å². The third kappa shape index (κ3) is 2.48. The first-order valence-electron chi connectivity index (χ1n) is 5.49. The highest BCUT2D eigenvalue weighted by atomic mass is 16.3. The molecule has 0 atom stereocenters. The van der Waals surface area contributed by atoms with E-state index in [1.807, 2.05) is 24.3 Å². The van der Waals surface area contributed by atoms with E-state index in [-0.39, 0.29) is 0 Å². The van der Waals surface area contributed by atoms with E-state index in [0.717, 1.165) is 11.4 Å². The fraction of sp³-hybridized carbons (Fsp3) is 0.214. The largest absolute Gasteiger partial charge is 0.449 e. The van der Waals surface area contributed by atoms with Crippen molar-refractivity contribution in [2.24, 2.45) is 0 Å². The summed E-state index contributed by atoms with van der Waals surface area (Å²) in [6, 6.07) is 11.6. The second-order valence-electron chi connectivity index (χ2n) is 3.98. The average Bonchev–Trinajstić information content (AvgIpc) is 2.79.